The van der Waals surface area contributed by atoms with Gasteiger partial charge < -0.3 is 10.5 Å². The molecule has 0 unspecified atom stereocenters. The third-order valence-corrected chi connectivity index (χ3v) is 1.27. The van der Waals surface area contributed by atoms with Crippen LogP contribution in [0.15, 0.2) is 11.8 Å². The smallest absolute Gasteiger partial charge is 0.310 e. The van der Waals surface area contributed by atoms with Crippen molar-refractivity contribution in [2.75, 3.05) is 6.54 Å². The van der Waals surface area contributed by atoms with Crippen LogP contribution in [0, 0.1) is 0 Å². The molecule has 0 saturated carbocycles. The van der Waals surface area contributed by atoms with Gasteiger partial charge in [0, 0.05) is 6.42 Å². The molecule has 0 aromatic carbocycles. The Hall–Kier alpha value is -0.830. The molecule has 3 nitrogen and oxygen atoms in total. The van der Waals surface area contributed by atoms with Crippen LogP contribution >= 0.6 is 0 Å². The van der Waals surface area contributed by atoms with E-state index in [2.05, 4.69) is 0 Å². The normalized spacial score (nSPS) is 11.4. The summed E-state index contributed by atoms with van der Waals surface area (Å²) in [4.78, 5) is 10.9. The summed E-state index contributed by atoms with van der Waals surface area (Å²) in [7, 11) is 0. The number of carbonyl (C=O) groups excluding carboxylic acids is 1. The van der Waals surface area contributed by atoms with Crippen LogP contribution in [0.25, 0.3) is 0 Å². The molecule has 0 aliphatic heterocycles. The van der Waals surface area contributed by atoms with Crippen molar-refractivity contribution in [2.45, 2.75) is 26.7 Å². The van der Waals surface area contributed by atoms with Crippen molar-refractivity contribution in [1.29, 1.82) is 0 Å². The summed E-state index contributed by atoms with van der Waals surface area (Å²) in [5, 5.41) is 0. The molecular formula is C8H15NO2. The molecule has 0 saturated heterocycles. The van der Waals surface area contributed by atoms with E-state index in [1.807, 2.05) is 6.92 Å². The predicted octanol–water partition coefficient (Wildman–Crippen LogP) is 1.19. The summed E-state index contributed by atoms with van der Waals surface area (Å²) in [6, 6.07) is 0. The molecule has 2 N–H and O–H groups in total. The minimum Gasteiger partial charge on any atom is -0.432 e. The second-order valence-electron chi connectivity index (χ2n) is 2.27. The lowest BCUT2D eigenvalue weighted by Gasteiger charge is -2.01. The van der Waals surface area contributed by atoms with Crippen LogP contribution in [0.4, 0.5) is 0 Å². The van der Waals surface area contributed by atoms with Gasteiger partial charge in [0.2, 0.25) is 0 Å². The maximum absolute atomic E-state index is 10.9. The van der Waals surface area contributed by atoms with Crippen LogP contribution < -0.4 is 5.73 Å². The van der Waals surface area contributed by atoms with Crippen molar-refractivity contribution in [1.82, 2.24) is 0 Å². The average molecular weight is 157 g/mol. The fourth-order valence-electron chi connectivity index (χ4n) is 0.536. The van der Waals surface area contributed by atoms with E-state index in [4.69, 9.17) is 10.5 Å². The zero-order valence-electron chi connectivity index (χ0n) is 7.09. The molecule has 0 rings (SSSR count). The molecule has 3 heteroatoms. The van der Waals surface area contributed by atoms with E-state index in [9.17, 15) is 4.79 Å². The third kappa shape index (κ3) is 5.61. The van der Waals surface area contributed by atoms with Crippen LogP contribution in [-0.2, 0) is 9.53 Å². The maximum Gasteiger partial charge on any atom is 0.310 e. The van der Waals surface area contributed by atoms with Gasteiger partial charge in [-0.2, -0.15) is 0 Å². The van der Waals surface area contributed by atoms with Gasteiger partial charge in [0.05, 0.1) is 0 Å². The van der Waals surface area contributed by atoms with Gasteiger partial charge in [-0.15, -0.1) is 0 Å². The lowest BCUT2D eigenvalue weighted by atomic mass is 10.3. The highest BCUT2D eigenvalue weighted by atomic mass is 16.5. The second kappa shape index (κ2) is 5.92. The van der Waals surface area contributed by atoms with Crippen LogP contribution in [0.2, 0.25) is 0 Å². The Kier molecular flexibility index (Phi) is 5.47. The quantitative estimate of drug-likeness (QED) is 0.492. The van der Waals surface area contributed by atoms with E-state index in [0.717, 1.165) is 0 Å². The number of nitrogens with two attached hydrogens (primary N) is 1. The first-order valence-electron chi connectivity index (χ1n) is 3.74. The van der Waals surface area contributed by atoms with Crippen molar-refractivity contribution >= 4 is 5.97 Å². The second-order valence-corrected chi connectivity index (χ2v) is 2.27. The van der Waals surface area contributed by atoms with Crippen molar-refractivity contribution < 1.29 is 9.53 Å². The molecule has 0 aromatic heterocycles. The fourth-order valence-corrected chi connectivity index (χ4v) is 0.536. The van der Waals surface area contributed by atoms with E-state index < -0.39 is 0 Å². The minimum absolute atomic E-state index is 0.203. The molecular weight excluding hydrogens is 142 g/mol. The van der Waals surface area contributed by atoms with Gasteiger partial charge in [-0.25, -0.2) is 0 Å². The van der Waals surface area contributed by atoms with Crippen LogP contribution in [0.1, 0.15) is 26.7 Å². The van der Waals surface area contributed by atoms with Gasteiger partial charge in [0.1, 0.15) is 5.76 Å². The number of rotatable bonds is 4. The number of carbonyl (C=O) groups is 1. The van der Waals surface area contributed by atoms with Gasteiger partial charge in [0.25, 0.3) is 0 Å². The lowest BCUT2D eigenvalue weighted by molar-refractivity contribution is -0.139. The topological polar surface area (TPSA) is 52.3 Å². The zero-order valence-corrected chi connectivity index (χ0v) is 7.09. The Labute approximate surface area is 67.2 Å². The van der Waals surface area contributed by atoms with Gasteiger partial charge in [-0.3, -0.25) is 4.79 Å². The summed E-state index contributed by atoms with van der Waals surface area (Å²) >= 11 is 0. The first-order chi connectivity index (χ1) is 5.20. The Morgan fingerprint density at radius 1 is 1.64 bits per heavy atom. The number of esters is 1. The van der Waals surface area contributed by atoms with Gasteiger partial charge >= 0.3 is 5.97 Å². The number of hydrogen-bond donors (Lipinski definition) is 1. The maximum atomic E-state index is 10.9. The van der Waals surface area contributed by atoms with Crippen LogP contribution in [0.3, 0.4) is 0 Å². The minimum atomic E-state index is -0.203. The largest absolute Gasteiger partial charge is 0.432 e. The number of ether oxygens (including phenoxy) is 1. The molecule has 0 fully saturated rings. The van der Waals surface area contributed by atoms with Crippen LogP contribution in [0.5, 0.6) is 0 Å². The first kappa shape index (κ1) is 10.2. The third-order valence-electron chi connectivity index (χ3n) is 1.27. The highest BCUT2D eigenvalue weighted by Gasteiger charge is 2.01. The summed E-state index contributed by atoms with van der Waals surface area (Å²) in [6.07, 6.45) is 2.85. The molecule has 11 heavy (non-hydrogen) atoms. The first-order valence-corrected chi connectivity index (χ1v) is 3.74. The molecule has 0 spiro atoms. The molecule has 0 heterocycles. The van der Waals surface area contributed by atoms with E-state index in [1.54, 1.807) is 13.0 Å². The van der Waals surface area contributed by atoms with E-state index in [-0.39, 0.29) is 5.97 Å². The van der Waals surface area contributed by atoms with Gasteiger partial charge in [-0.1, -0.05) is 0 Å². The molecule has 0 bridgehead atoms. The SMILES string of the molecule is CC=C(C)OC(=O)CCCN. The summed E-state index contributed by atoms with van der Waals surface area (Å²) < 4.78 is 4.87. The highest BCUT2D eigenvalue weighted by Crippen LogP contribution is 1.99. The van der Waals surface area contributed by atoms with E-state index in [0.29, 0.717) is 25.1 Å². The van der Waals surface area contributed by atoms with Crippen molar-refractivity contribution in [3.63, 3.8) is 0 Å². The predicted molar refractivity (Wildman–Crippen MR) is 43.8 cm³/mol. The van der Waals surface area contributed by atoms with Crippen molar-refractivity contribution in [3.8, 4) is 0 Å². The van der Waals surface area contributed by atoms with Crippen molar-refractivity contribution in [3.05, 3.63) is 11.8 Å². The summed E-state index contributed by atoms with van der Waals surface area (Å²) in [5.74, 6) is 0.443. The zero-order chi connectivity index (χ0) is 8.69. The molecule has 64 valence electrons. The monoisotopic (exact) mass is 157 g/mol. The Bertz CT molecular complexity index is 152. The Morgan fingerprint density at radius 3 is 2.73 bits per heavy atom. The lowest BCUT2D eigenvalue weighted by Crippen LogP contribution is -2.06. The average Bonchev–Trinajstić information content (AvgIpc) is 2.00. The molecule has 0 atom stereocenters. The molecule has 0 aromatic rings. The fraction of sp³-hybridized carbons (Fsp3) is 0.625. The number of allylic oxidation sites excluding steroid dienone is 2. The summed E-state index contributed by atoms with van der Waals surface area (Å²) in [6.45, 7) is 4.11. The van der Waals surface area contributed by atoms with Crippen LogP contribution in [-0.4, -0.2) is 12.5 Å². The summed E-state index contributed by atoms with van der Waals surface area (Å²) in [5.41, 5.74) is 5.22. The van der Waals surface area contributed by atoms with Crippen molar-refractivity contribution in [2.24, 2.45) is 5.73 Å². The number of hydrogen-bond acceptors (Lipinski definition) is 3. The molecule has 0 aliphatic carbocycles. The van der Waals surface area contributed by atoms with Gasteiger partial charge in [-0.05, 0) is 32.9 Å². The molecule has 0 aliphatic rings. The van der Waals surface area contributed by atoms with Gasteiger partial charge in [0.15, 0.2) is 0 Å². The highest BCUT2D eigenvalue weighted by molar-refractivity contribution is 5.70. The standard InChI is InChI=1S/C8H15NO2/c1-3-7(2)11-8(10)5-4-6-9/h3H,4-6,9H2,1-2H3. The molecule has 0 radical (unpaired) electrons. The Balaban J connectivity index is 3.53. The molecule has 0 amide bonds. The van der Waals surface area contributed by atoms with E-state index in [1.165, 1.54) is 0 Å². The van der Waals surface area contributed by atoms with E-state index >= 15 is 0 Å². The Morgan fingerprint density at radius 2 is 2.27 bits per heavy atom.